The van der Waals surface area contributed by atoms with Gasteiger partial charge in [0.25, 0.3) is 5.91 Å². The molecular formula is C34H32FN3O5. The third-order valence-electron chi connectivity index (χ3n) is 8.09. The van der Waals surface area contributed by atoms with Crippen LogP contribution in [0.25, 0.3) is 21.8 Å². The molecule has 0 saturated carbocycles. The van der Waals surface area contributed by atoms with Crippen molar-refractivity contribution < 1.29 is 23.4 Å². The van der Waals surface area contributed by atoms with E-state index in [9.17, 15) is 14.0 Å². The number of H-pyrrole nitrogens is 1. The van der Waals surface area contributed by atoms with Crippen molar-refractivity contribution in [1.29, 1.82) is 0 Å². The zero-order valence-corrected chi connectivity index (χ0v) is 24.3. The first-order valence-corrected chi connectivity index (χ1v) is 14.1. The van der Waals surface area contributed by atoms with E-state index in [1.54, 1.807) is 45.6 Å². The summed E-state index contributed by atoms with van der Waals surface area (Å²) in [6, 6.07) is 19.1. The quantitative estimate of drug-likeness (QED) is 0.229. The number of pyridine rings is 1. The number of halogens is 1. The summed E-state index contributed by atoms with van der Waals surface area (Å²) in [6.45, 7) is 2.57. The molecule has 0 spiro atoms. The van der Waals surface area contributed by atoms with E-state index in [1.807, 2.05) is 18.2 Å². The summed E-state index contributed by atoms with van der Waals surface area (Å²) in [5.74, 6) is 0.988. The molecule has 43 heavy (non-hydrogen) atoms. The van der Waals surface area contributed by atoms with Crippen LogP contribution in [-0.4, -0.2) is 50.2 Å². The molecule has 6 rings (SSSR count). The van der Waals surface area contributed by atoms with E-state index in [-0.39, 0.29) is 27.4 Å². The number of hydrogen-bond donors (Lipinski definition) is 2. The zero-order chi connectivity index (χ0) is 30.1. The summed E-state index contributed by atoms with van der Waals surface area (Å²) in [5.41, 5.74) is 4.28. The van der Waals surface area contributed by atoms with Gasteiger partial charge in [-0.15, -0.1) is 0 Å². The highest BCUT2D eigenvalue weighted by molar-refractivity contribution is 6.13. The number of ether oxygens (including phenoxy) is 3. The molecule has 1 aliphatic rings. The van der Waals surface area contributed by atoms with E-state index in [2.05, 4.69) is 27.3 Å². The van der Waals surface area contributed by atoms with Gasteiger partial charge in [0.1, 0.15) is 11.6 Å². The van der Waals surface area contributed by atoms with Crippen molar-refractivity contribution >= 4 is 33.4 Å². The SMILES string of the molecule is COc1ccc(CCN2CCc3cc(OC)c(OC)cc3C2)cc1NC(=O)c1cccc2c(=O)c3cccc(F)c3[nH]c12. The second kappa shape index (κ2) is 11.8. The normalized spacial score (nSPS) is 13.1. The molecule has 1 amide bonds. The van der Waals surface area contributed by atoms with Gasteiger partial charge in [-0.2, -0.15) is 0 Å². The third-order valence-corrected chi connectivity index (χ3v) is 8.09. The molecule has 1 aliphatic heterocycles. The lowest BCUT2D eigenvalue weighted by Gasteiger charge is -2.29. The Balaban J connectivity index is 1.22. The van der Waals surface area contributed by atoms with Crippen LogP contribution in [0, 0.1) is 5.82 Å². The number of aromatic nitrogens is 1. The number of nitrogens with one attached hydrogen (secondary N) is 2. The molecule has 0 radical (unpaired) electrons. The van der Waals surface area contributed by atoms with Crippen molar-refractivity contribution in [2.45, 2.75) is 19.4 Å². The first-order valence-electron chi connectivity index (χ1n) is 14.1. The molecule has 4 aromatic carbocycles. The predicted molar refractivity (Wildman–Crippen MR) is 165 cm³/mol. The Bertz CT molecular complexity index is 1920. The number of benzene rings is 4. The summed E-state index contributed by atoms with van der Waals surface area (Å²) < 4.78 is 31.1. The molecule has 220 valence electrons. The number of carbonyl (C=O) groups is 1. The van der Waals surface area contributed by atoms with E-state index < -0.39 is 11.7 Å². The van der Waals surface area contributed by atoms with Crippen molar-refractivity contribution in [2.24, 2.45) is 0 Å². The Labute approximate surface area is 248 Å². The summed E-state index contributed by atoms with van der Waals surface area (Å²) in [5, 5.41) is 3.49. The molecule has 1 aromatic heterocycles. The van der Waals surface area contributed by atoms with Crippen molar-refractivity contribution in [1.82, 2.24) is 9.88 Å². The number of aromatic amines is 1. The lowest BCUT2D eigenvalue weighted by Crippen LogP contribution is -2.32. The molecule has 2 N–H and O–H groups in total. The number of fused-ring (bicyclic) bond motifs is 3. The average molecular weight is 582 g/mol. The van der Waals surface area contributed by atoms with Crippen LogP contribution in [0.2, 0.25) is 0 Å². The number of hydrogen-bond acceptors (Lipinski definition) is 6. The predicted octanol–water partition coefficient (Wildman–Crippen LogP) is 5.70. The number of nitrogens with zero attached hydrogens (tertiary/aromatic N) is 1. The van der Waals surface area contributed by atoms with Crippen LogP contribution in [0.1, 0.15) is 27.0 Å². The fourth-order valence-electron chi connectivity index (χ4n) is 5.79. The molecule has 0 saturated heterocycles. The van der Waals surface area contributed by atoms with Crippen LogP contribution in [0.5, 0.6) is 17.2 Å². The number of rotatable bonds is 8. The first kappa shape index (κ1) is 28.2. The summed E-state index contributed by atoms with van der Waals surface area (Å²) >= 11 is 0. The Morgan fingerprint density at radius 3 is 2.33 bits per heavy atom. The van der Waals surface area contributed by atoms with E-state index in [1.165, 1.54) is 23.3 Å². The minimum Gasteiger partial charge on any atom is -0.495 e. The Morgan fingerprint density at radius 1 is 0.884 bits per heavy atom. The van der Waals surface area contributed by atoms with Crippen molar-refractivity contribution in [3.8, 4) is 17.2 Å². The van der Waals surface area contributed by atoms with E-state index in [0.717, 1.165) is 49.5 Å². The number of amides is 1. The number of carbonyl (C=O) groups excluding carboxylic acids is 1. The second-order valence-electron chi connectivity index (χ2n) is 10.6. The van der Waals surface area contributed by atoms with Crippen molar-refractivity contribution in [3.63, 3.8) is 0 Å². The number of methoxy groups -OCH3 is 3. The Morgan fingerprint density at radius 2 is 1.58 bits per heavy atom. The lowest BCUT2D eigenvalue weighted by atomic mass is 9.98. The number of para-hydroxylation sites is 2. The van der Waals surface area contributed by atoms with Gasteiger partial charge in [-0.1, -0.05) is 18.2 Å². The lowest BCUT2D eigenvalue weighted by molar-refractivity contribution is 0.102. The van der Waals surface area contributed by atoms with Gasteiger partial charge in [-0.05, 0) is 78.1 Å². The maximum atomic E-state index is 14.6. The molecule has 0 atom stereocenters. The van der Waals surface area contributed by atoms with Gasteiger partial charge in [0.2, 0.25) is 0 Å². The minimum atomic E-state index is -0.558. The summed E-state index contributed by atoms with van der Waals surface area (Å²) in [6.07, 6.45) is 1.69. The van der Waals surface area contributed by atoms with Crippen LogP contribution >= 0.6 is 0 Å². The summed E-state index contributed by atoms with van der Waals surface area (Å²) in [4.78, 5) is 32.0. The van der Waals surface area contributed by atoms with Gasteiger partial charge >= 0.3 is 0 Å². The minimum absolute atomic E-state index is 0.0674. The molecule has 0 aliphatic carbocycles. The van der Waals surface area contributed by atoms with Gasteiger partial charge in [-0.25, -0.2) is 4.39 Å². The van der Waals surface area contributed by atoms with Gasteiger partial charge in [0.05, 0.1) is 43.6 Å². The van der Waals surface area contributed by atoms with E-state index in [4.69, 9.17) is 14.2 Å². The topological polar surface area (TPSA) is 92.9 Å². The molecular weight excluding hydrogens is 549 g/mol. The van der Waals surface area contributed by atoms with E-state index >= 15 is 0 Å². The summed E-state index contributed by atoms with van der Waals surface area (Å²) in [7, 11) is 4.84. The highest BCUT2D eigenvalue weighted by Gasteiger charge is 2.20. The van der Waals surface area contributed by atoms with Gasteiger partial charge in [-0.3, -0.25) is 14.5 Å². The molecule has 0 bridgehead atoms. The molecule has 0 unspecified atom stereocenters. The highest BCUT2D eigenvalue weighted by atomic mass is 19.1. The van der Waals surface area contributed by atoms with Crippen molar-refractivity contribution in [2.75, 3.05) is 39.7 Å². The molecule has 2 heterocycles. The highest BCUT2D eigenvalue weighted by Crippen LogP contribution is 2.33. The van der Waals surface area contributed by atoms with Crippen LogP contribution in [0.4, 0.5) is 10.1 Å². The fourth-order valence-corrected chi connectivity index (χ4v) is 5.79. The maximum Gasteiger partial charge on any atom is 0.257 e. The molecule has 9 heteroatoms. The van der Waals surface area contributed by atoms with E-state index in [0.29, 0.717) is 16.8 Å². The Kier molecular flexibility index (Phi) is 7.73. The second-order valence-corrected chi connectivity index (χ2v) is 10.6. The number of anilines is 1. The first-order chi connectivity index (χ1) is 20.9. The Hall–Kier alpha value is -4.89. The van der Waals surface area contributed by atoms with Gasteiger partial charge in [0.15, 0.2) is 16.9 Å². The van der Waals surface area contributed by atoms with Gasteiger partial charge in [0, 0.05) is 30.4 Å². The van der Waals surface area contributed by atoms with Crippen LogP contribution in [0.3, 0.4) is 0 Å². The average Bonchev–Trinajstić information content (AvgIpc) is 3.03. The van der Waals surface area contributed by atoms with Crippen LogP contribution in [-0.2, 0) is 19.4 Å². The fraction of sp³-hybridized carbons (Fsp3) is 0.235. The van der Waals surface area contributed by atoms with Crippen molar-refractivity contribution in [3.05, 3.63) is 105 Å². The van der Waals surface area contributed by atoms with Crippen LogP contribution < -0.4 is 25.0 Å². The molecule has 0 fully saturated rings. The van der Waals surface area contributed by atoms with Crippen LogP contribution in [0.15, 0.2) is 71.5 Å². The monoisotopic (exact) mass is 581 g/mol. The zero-order valence-electron chi connectivity index (χ0n) is 24.3. The third kappa shape index (κ3) is 5.39. The largest absolute Gasteiger partial charge is 0.495 e. The smallest absolute Gasteiger partial charge is 0.257 e. The molecule has 8 nitrogen and oxygen atoms in total. The van der Waals surface area contributed by atoms with Gasteiger partial charge < -0.3 is 24.5 Å². The maximum absolute atomic E-state index is 14.6. The standard InChI is InChI=1S/C34H32FN3O5/c1-41-28-11-10-20(12-14-38-15-13-21-17-29(42-2)30(43-3)18-22(21)19-38)16-27(28)36-34(40)25-8-4-6-23-31(25)37-32-24(33(23)39)7-5-9-26(32)35/h4-11,16-18H,12-15,19H2,1-3H3,(H,36,40)(H,37,39). The molecule has 5 aromatic rings.